The van der Waals surface area contributed by atoms with E-state index in [1.807, 2.05) is 25.1 Å². The number of pyridine rings is 1. The molecule has 5 nitrogen and oxygen atoms in total. The minimum absolute atomic E-state index is 0.0702. The van der Waals surface area contributed by atoms with Crippen molar-refractivity contribution in [2.45, 2.75) is 32.4 Å². The Labute approximate surface area is 158 Å². The van der Waals surface area contributed by atoms with Crippen molar-refractivity contribution >= 4 is 17.5 Å². The van der Waals surface area contributed by atoms with Gasteiger partial charge in [-0.25, -0.2) is 0 Å². The molecule has 6 heteroatoms. The lowest BCUT2D eigenvalue weighted by atomic mass is 10.1. The van der Waals surface area contributed by atoms with E-state index in [-0.39, 0.29) is 12.0 Å². The molecule has 26 heavy (non-hydrogen) atoms. The van der Waals surface area contributed by atoms with Crippen molar-refractivity contribution in [3.05, 3.63) is 58.9 Å². The minimum Gasteiger partial charge on any atom is -0.492 e. The number of carbonyl (C=O) groups excluding carboxylic acids is 1. The highest BCUT2D eigenvalue weighted by Crippen LogP contribution is 2.26. The fourth-order valence-corrected chi connectivity index (χ4v) is 3.26. The summed E-state index contributed by atoms with van der Waals surface area (Å²) < 4.78 is 11.2. The Balaban J connectivity index is 1.80. The molecule has 138 valence electrons. The zero-order chi connectivity index (χ0) is 18.4. The number of hydrogen-bond acceptors (Lipinski definition) is 4. The van der Waals surface area contributed by atoms with Gasteiger partial charge in [-0.15, -0.1) is 0 Å². The van der Waals surface area contributed by atoms with Gasteiger partial charge in [0, 0.05) is 24.9 Å². The number of nitrogens with zero attached hydrogens (tertiary/aromatic N) is 2. The van der Waals surface area contributed by atoms with Gasteiger partial charge >= 0.3 is 0 Å². The lowest BCUT2D eigenvalue weighted by Crippen LogP contribution is -2.37. The number of amides is 1. The number of halogens is 1. The van der Waals surface area contributed by atoms with E-state index in [0.717, 1.165) is 25.1 Å². The normalized spacial score (nSPS) is 16.5. The molecule has 1 unspecified atom stereocenters. The van der Waals surface area contributed by atoms with Crippen LogP contribution in [0, 0.1) is 0 Å². The Bertz CT molecular complexity index is 733. The van der Waals surface area contributed by atoms with E-state index < -0.39 is 0 Å². The Hall–Kier alpha value is -2.11. The lowest BCUT2D eigenvalue weighted by Gasteiger charge is -2.25. The smallest absolute Gasteiger partial charge is 0.254 e. The Morgan fingerprint density at radius 3 is 2.92 bits per heavy atom. The summed E-state index contributed by atoms with van der Waals surface area (Å²) in [7, 11) is 0. The molecule has 0 spiro atoms. The number of aromatic nitrogens is 1. The van der Waals surface area contributed by atoms with Gasteiger partial charge in [-0.1, -0.05) is 17.7 Å². The molecular formula is C20H23ClN2O3. The van der Waals surface area contributed by atoms with Crippen molar-refractivity contribution in [2.75, 3.05) is 19.8 Å². The van der Waals surface area contributed by atoms with Crippen LogP contribution in [-0.2, 0) is 11.3 Å². The number of carbonyl (C=O) groups is 1. The Kier molecular flexibility index (Phi) is 6.47. The molecule has 1 aromatic carbocycles. The number of benzene rings is 1. The first-order valence-electron chi connectivity index (χ1n) is 8.90. The van der Waals surface area contributed by atoms with Gasteiger partial charge < -0.3 is 14.4 Å². The van der Waals surface area contributed by atoms with Gasteiger partial charge in [-0.05, 0) is 50.1 Å². The molecule has 2 aromatic rings. The van der Waals surface area contributed by atoms with Crippen molar-refractivity contribution in [2.24, 2.45) is 0 Å². The molecule has 0 N–H and O–H groups in total. The number of rotatable bonds is 7. The van der Waals surface area contributed by atoms with E-state index in [9.17, 15) is 4.79 Å². The Morgan fingerprint density at radius 1 is 1.38 bits per heavy atom. The molecule has 3 rings (SSSR count). The number of ether oxygens (including phenoxy) is 2. The van der Waals surface area contributed by atoms with E-state index in [1.165, 1.54) is 0 Å². The quantitative estimate of drug-likeness (QED) is 0.736. The van der Waals surface area contributed by atoms with Crippen molar-refractivity contribution in [3.63, 3.8) is 0 Å². The Morgan fingerprint density at radius 2 is 2.27 bits per heavy atom. The van der Waals surface area contributed by atoms with Gasteiger partial charge in [0.25, 0.3) is 5.91 Å². The maximum Gasteiger partial charge on any atom is 0.254 e. The fraction of sp³-hybridized carbons (Fsp3) is 0.400. The minimum atomic E-state index is -0.0869. The molecule has 0 saturated carbocycles. The summed E-state index contributed by atoms with van der Waals surface area (Å²) in [4.78, 5) is 19.2. The summed E-state index contributed by atoms with van der Waals surface area (Å²) in [5, 5.41) is 0.438. The van der Waals surface area contributed by atoms with Crippen molar-refractivity contribution in [3.8, 4) is 5.75 Å². The third kappa shape index (κ3) is 4.74. The molecule has 2 heterocycles. The third-order valence-electron chi connectivity index (χ3n) is 4.29. The van der Waals surface area contributed by atoms with Crippen LogP contribution in [0.5, 0.6) is 5.75 Å². The van der Waals surface area contributed by atoms with Crippen molar-refractivity contribution < 1.29 is 14.3 Å². The summed E-state index contributed by atoms with van der Waals surface area (Å²) in [6.07, 6.45) is 3.81. The highest BCUT2D eigenvalue weighted by atomic mass is 35.5. The van der Waals surface area contributed by atoms with Crippen LogP contribution < -0.4 is 4.74 Å². The average molecular weight is 375 g/mol. The van der Waals surface area contributed by atoms with Crippen molar-refractivity contribution in [1.29, 1.82) is 0 Å². The lowest BCUT2D eigenvalue weighted by molar-refractivity contribution is 0.0504. The van der Waals surface area contributed by atoms with Gasteiger partial charge in [0.1, 0.15) is 5.75 Å². The zero-order valence-corrected chi connectivity index (χ0v) is 15.6. The van der Waals surface area contributed by atoms with Crippen LogP contribution in [0.2, 0.25) is 5.02 Å². The van der Waals surface area contributed by atoms with E-state index in [0.29, 0.717) is 36.0 Å². The average Bonchev–Trinajstić information content (AvgIpc) is 3.16. The van der Waals surface area contributed by atoms with E-state index in [4.69, 9.17) is 21.1 Å². The standard InChI is InChI=1S/C20H23ClN2O3/c1-2-25-19-9-8-15(12-18(19)21)20(24)23(14-17-7-5-11-26-17)13-16-6-3-4-10-22-16/h3-4,6,8-10,12,17H,2,5,7,11,13-14H2,1H3. The summed E-state index contributed by atoms with van der Waals surface area (Å²) >= 11 is 6.25. The van der Waals surface area contributed by atoms with Gasteiger partial charge in [0.2, 0.25) is 0 Å². The molecule has 1 atom stereocenters. The zero-order valence-electron chi connectivity index (χ0n) is 14.9. The fourth-order valence-electron chi connectivity index (χ4n) is 3.03. The first kappa shape index (κ1) is 18.7. The van der Waals surface area contributed by atoms with Crippen LogP contribution in [-0.4, -0.2) is 41.7 Å². The highest BCUT2D eigenvalue weighted by molar-refractivity contribution is 6.32. The van der Waals surface area contributed by atoms with E-state index >= 15 is 0 Å². The molecule has 0 radical (unpaired) electrons. The van der Waals surface area contributed by atoms with E-state index in [1.54, 1.807) is 29.3 Å². The summed E-state index contributed by atoms with van der Waals surface area (Å²) in [6, 6.07) is 10.9. The highest BCUT2D eigenvalue weighted by Gasteiger charge is 2.24. The second-order valence-electron chi connectivity index (χ2n) is 6.22. The first-order chi connectivity index (χ1) is 12.7. The van der Waals surface area contributed by atoms with E-state index in [2.05, 4.69) is 4.98 Å². The van der Waals surface area contributed by atoms with Crippen molar-refractivity contribution in [1.82, 2.24) is 9.88 Å². The molecule has 1 aliphatic heterocycles. The largest absolute Gasteiger partial charge is 0.492 e. The SMILES string of the molecule is CCOc1ccc(C(=O)N(Cc2ccccn2)CC2CCCO2)cc1Cl. The summed E-state index contributed by atoms with van der Waals surface area (Å²) in [5.74, 6) is 0.497. The molecule has 1 aliphatic rings. The molecule has 1 amide bonds. The third-order valence-corrected chi connectivity index (χ3v) is 4.59. The molecule has 1 fully saturated rings. The maximum absolute atomic E-state index is 13.1. The van der Waals surface area contributed by atoms with Crippen LogP contribution in [0.25, 0.3) is 0 Å². The molecule has 1 saturated heterocycles. The van der Waals surface area contributed by atoms with Gasteiger partial charge in [-0.3, -0.25) is 9.78 Å². The summed E-state index contributed by atoms with van der Waals surface area (Å²) in [5.41, 5.74) is 1.38. The van der Waals surface area contributed by atoms with Gasteiger partial charge in [-0.2, -0.15) is 0 Å². The number of hydrogen-bond donors (Lipinski definition) is 0. The molecule has 1 aromatic heterocycles. The molecule has 0 aliphatic carbocycles. The topological polar surface area (TPSA) is 51.7 Å². The predicted octanol–water partition coefficient (Wildman–Crippen LogP) is 3.96. The van der Waals surface area contributed by atoms with Gasteiger partial charge in [0.15, 0.2) is 0 Å². The van der Waals surface area contributed by atoms with Crippen LogP contribution in [0.15, 0.2) is 42.6 Å². The van der Waals surface area contributed by atoms with Crippen LogP contribution in [0.4, 0.5) is 0 Å². The van der Waals surface area contributed by atoms with Crippen LogP contribution in [0.3, 0.4) is 0 Å². The van der Waals surface area contributed by atoms with Crippen LogP contribution in [0.1, 0.15) is 35.8 Å². The first-order valence-corrected chi connectivity index (χ1v) is 9.28. The second-order valence-corrected chi connectivity index (χ2v) is 6.63. The second kappa shape index (κ2) is 9.01. The molecule has 0 bridgehead atoms. The monoisotopic (exact) mass is 374 g/mol. The van der Waals surface area contributed by atoms with Gasteiger partial charge in [0.05, 0.1) is 30.0 Å². The van der Waals surface area contributed by atoms with Crippen LogP contribution >= 0.6 is 11.6 Å². The summed E-state index contributed by atoms with van der Waals surface area (Å²) in [6.45, 7) is 4.15. The maximum atomic E-state index is 13.1. The molecular weight excluding hydrogens is 352 g/mol. The predicted molar refractivity (Wildman–Crippen MR) is 101 cm³/mol.